The van der Waals surface area contributed by atoms with Gasteiger partial charge in [0.2, 0.25) is 5.91 Å². The highest BCUT2D eigenvalue weighted by Gasteiger charge is 2.22. The second-order valence-corrected chi connectivity index (χ2v) is 8.75. The van der Waals surface area contributed by atoms with Crippen molar-refractivity contribution < 1.29 is 4.79 Å². The van der Waals surface area contributed by atoms with Gasteiger partial charge in [-0.05, 0) is 50.0 Å². The maximum absolute atomic E-state index is 12.7. The fraction of sp³-hybridized carbons (Fsp3) is 0.500. The summed E-state index contributed by atoms with van der Waals surface area (Å²) in [7, 11) is 0. The van der Waals surface area contributed by atoms with E-state index in [-0.39, 0.29) is 17.3 Å². The number of thioether (sulfide) groups is 1. The van der Waals surface area contributed by atoms with E-state index in [9.17, 15) is 9.59 Å². The smallest absolute Gasteiger partial charge is 0.348 e. The Bertz CT molecular complexity index is 926. The highest BCUT2D eigenvalue weighted by Crippen LogP contribution is 2.29. The Kier molecular flexibility index (Phi) is 8.36. The average molecular weight is 449 g/mol. The van der Waals surface area contributed by atoms with Gasteiger partial charge in [0, 0.05) is 35.9 Å². The molecule has 1 amide bonds. The molecular formula is C22H29ClN4O2S. The molecule has 0 bridgehead atoms. The number of likely N-dealkylation sites (N-methyl/N-ethyl adjacent to an activating group) is 1. The molecular weight excluding hydrogens is 420 g/mol. The minimum absolute atomic E-state index is 0.0748. The molecule has 30 heavy (non-hydrogen) atoms. The van der Waals surface area contributed by atoms with Crippen molar-refractivity contribution >= 4 is 29.3 Å². The molecule has 6 nitrogen and oxygen atoms in total. The lowest BCUT2D eigenvalue weighted by Gasteiger charge is -2.20. The summed E-state index contributed by atoms with van der Waals surface area (Å²) in [6.45, 7) is 8.18. The van der Waals surface area contributed by atoms with Gasteiger partial charge in [0.15, 0.2) is 0 Å². The number of hydrogen-bond acceptors (Lipinski definition) is 5. The number of rotatable bonds is 10. The van der Waals surface area contributed by atoms with Gasteiger partial charge in [-0.2, -0.15) is 4.98 Å². The van der Waals surface area contributed by atoms with Crippen molar-refractivity contribution in [2.24, 2.45) is 0 Å². The third-order valence-corrected chi connectivity index (χ3v) is 6.75. The highest BCUT2D eigenvalue weighted by molar-refractivity contribution is 7.99. The predicted octanol–water partition coefficient (Wildman–Crippen LogP) is 3.14. The van der Waals surface area contributed by atoms with Crippen LogP contribution in [-0.2, 0) is 30.7 Å². The maximum Gasteiger partial charge on any atom is 0.348 e. The van der Waals surface area contributed by atoms with Crippen molar-refractivity contribution in [1.82, 2.24) is 19.8 Å². The molecule has 0 unspecified atom stereocenters. The van der Waals surface area contributed by atoms with Crippen molar-refractivity contribution in [3.05, 3.63) is 56.6 Å². The van der Waals surface area contributed by atoms with Crippen molar-refractivity contribution in [3.8, 4) is 0 Å². The summed E-state index contributed by atoms with van der Waals surface area (Å²) in [5.74, 6) is 0.171. The Hall–Kier alpha value is -1.83. The van der Waals surface area contributed by atoms with E-state index in [1.165, 1.54) is 11.8 Å². The van der Waals surface area contributed by atoms with Crippen molar-refractivity contribution in [3.63, 3.8) is 0 Å². The molecule has 0 saturated heterocycles. The Morgan fingerprint density at radius 2 is 1.97 bits per heavy atom. The monoisotopic (exact) mass is 448 g/mol. The molecule has 1 aromatic carbocycles. The van der Waals surface area contributed by atoms with E-state index in [4.69, 9.17) is 11.6 Å². The third-order valence-electron chi connectivity index (χ3n) is 5.48. The molecule has 162 valence electrons. The number of carbonyl (C=O) groups is 1. The van der Waals surface area contributed by atoms with E-state index < -0.39 is 0 Å². The Morgan fingerprint density at radius 1 is 1.23 bits per heavy atom. The normalized spacial score (nSPS) is 12.9. The SMILES string of the molecule is CCN(CC)CCn1c2c(c(SCC(=O)NCc3ccc(Cl)cc3)nc1=O)CCC2. The van der Waals surface area contributed by atoms with Gasteiger partial charge in [-0.1, -0.05) is 49.3 Å². The number of benzene rings is 1. The van der Waals surface area contributed by atoms with Crippen LogP contribution in [-0.4, -0.2) is 45.7 Å². The molecule has 0 spiro atoms. The first-order valence-corrected chi connectivity index (χ1v) is 11.9. The van der Waals surface area contributed by atoms with Gasteiger partial charge < -0.3 is 10.2 Å². The summed E-state index contributed by atoms with van der Waals surface area (Å²) in [5.41, 5.74) is 3.04. The minimum Gasteiger partial charge on any atom is -0.351 e. The van der Waals surface area contributed by atoms with Gasteiger partial charge in [-0.25, -0.2) is 4.79 Å². The van der Waals surface area contributed by atoms with Crippen LogP contribution in [0.15, 0.2) is 34.1 Å². The van der Waals surface area contributed by atoms with E-state index in [1.54, 1.807) is 12.1 Å². The molecule has 2 aromatic rings. The van der Waals surface area contributed by atoms with E-state index >= 15 is 0 Å². The van der Waals surface area contributed by atoms with E-state index in [2.05, 4.69) is 29.0 Å². The van der Waals surface area contributed by atoms with Crippen LogP contribution in [0.4, 0.5) is 0 Å². The molecule has 0 atom stereocenters. The number of halogens is 1. The number of amides is 1. The summed E-state index contributed by atoms with van der Waals surface area (Å²) >= 11 is 7.24. The van der Waals surface area contributed by atoms with E-state index in [0.717, 1.165) is 55.7 Å². The fourth-order valence-electron chi connectivity index (χ4n) is 3.71. The lowest BCUT2D eigenvalue weighted by Crippen LogP contribution is -2.34. The van der Waals surface area contributed by atoms with Crippen LogP contribution in [0.2, 0.25) is 5.02 Å². The van der Waals surface area contributed by atoms with Crippen LogP contribution >= 0.6 is 23.4 Å². The summed E-state index contributed by atoms with van der Waals surface area (Å²) < 4.78 is 1.84. The molecule has 0 radical (unpaired) electrons. The van der Waals surface area contributed by atoms with Crippen molar-refractivity contribution in [2.75, 3.05) is 25.4 Å². The maximum atomic E-state index is 12.7. The van der Waals surface area contributed by atoms with Crippen LogP contribution in [0.25, 0.3) is 0 Å². The summed E-state index contributed by atoms with van der Waals surface area (Å²) in [6.07, 6.45) is 2.85. The minimum atomic E-state index is -0.202. The third kappa shape index (κ3) is 5.86. The fourth-order valence-corrected chi connectivity index (χ4v) is 4.74. The van der Waals surface area contributed by atoms with Gasteiger partial charge in [-0.3, -0.25) is 9.36 Å². The topological polar surface area (TPSA) is 67.2 Å². The molecule has 1 aromatic heterocycles. The van der Waals surface area contributed by atoms with Crippen molar-refractivity contribution in [2.45, 2.75) is 51.2 Å². The van der Waals surface area contributed by atoms with Crippen LogP contribution in [0, 0.1) is 0 Å². The summed E-state index contributed by atoms with van der Waals surface area (Å²) in [6, 6.07) is 7.39. The van der Waals surface area contributed by atoms with Crippen molar-refractivity contribution in [1.29, 1.82) is 0 Å². The molecule has 1 heterocycles. The first kappa shape index (κ1) is 22.8. The standard InChI is InChI=1S/C22H29ClN4O2S/c1-3-26(4-2)12-13-27-19-7-5-6-18(19)21(25-22(27)29)30-15-20(28)24-14-16-8-10-17(23)11-9-16/h8-11H,3-7,12-15H2,1-2H3,(H,24,28). The second-order valence-electron chi connectivity index (χ2n) is 7.35. The van der Waals surface area contributed by atoms with Gasteiger partial charge in [0.25, 0.3) is 0 Å². The Morgan fingerprint density at radius 3 is 2.67 bits per heavy atom. The van der Waals surface area contributed by atoms with Gasteiger partial charge in [0.05, 0.1) is 5.75 Å². The van der Waals surface area contributed by atoms with E-state index in [1.807, 2.05) is 16.7 Å². The number of nitrogens with one attached hydrogen (secondary N) is 1. The molecule has 0 fully saturated rings. The van der Waals surface area contributed by atoms with Gasteiger partial charge in [-0.15, -0.1) is 0 Å². The zero-order valence-corrected chi connectivity index (χ0v) is 19.2. The summed E-state index contributed by atoms with van der Waals surface area (Å²) in [5, 5.41) is 4.30. The number of fused-ring (bicyclic) bond motifs is 1. The zero-order valence-electron chi connectivity index (χ0n) is 17.6. The Labute approximate surface area is 187 Å². The largest absolute Gasteiger partial charge is 0.351 e. The number of hydrogen-bond donors (Lipinski definition) is 1. The number of carbonyl (C=O) groups excluding carboxylic acids is 1. The molecule has 1 aliphatic rings. The lowest BCUT2D eigenvalue weighted by molar-refractivity contribution is -0.118. The molecule has 0 saturated carbocycles. The van der Waals surface area contributed by atoms with Gasteiger partial charge >= 0.3 is 5.69 Å². The zero-order chi connectivity index (χ0) is 21.5. The van der Waals surface area contributed by atoms with E-state index in [0.29, 0.717) is 23.1 Å². The second kappa shape index (κ2) is 11.0. The molecule has 8 heteroatoms. The first-order chi connectivity index (χ1) is 14.5. The predicted molar refractivity (Wildman–Crippen MR) is 122 cm³/mol. The van der Waals surface area contributed by atoms with Gasteiger partial charge in [0.1, 0.15) is 5.03 Å². The Balaban J connectivity index is 1.61. The first-order valence-electron chi connectivity index (χ1n) is 10.5. The lowest BCUT2D eigenvalue weighted by atomic mass is 10.2. The van der Waals surface area contributed by atoms with Crippen LogP contribution in [0.1, 0.15) is 37.1 Å². The van der Waals surface area contributed by atoms with Crippen LogP contribution in [0.3, 0.4) is 0 Å². The van der Waals surface area contributed by atoms with Crippen LogP contribution < -0.4 is 11.0 Å². The van der Waals surface area contributed by atoms with Crippen LogP contribution in [0.5, 0.6) is 0 Å². The molecule has 1 aliphatic carbocycles. The molecule has 3 rings (SSSR count). The average Bonchev–Trinajstić information content (AvgIpc) is 3.23. The highest BCUT2D eigenvalue weighted by atomic mass is 35.5. The summed E-state index contributed by atoms with van der Waals surface area (Å²) in [4.78, 5) is 31.6. The molecule has 1 N–H and O–H groups in total. The molecule has 0 aliphatic heterocycles. The number of aromatic nitrogens is 2. The quantitative estimate of drug-likeness (QED) is 0.446. The number of nitrogens with zero attached hydrogens (tertiary/aromatic N) is 3.